The van der Waals surface area contributed by atoms with Gasteiger partial charge in [-0.15, -0.1) is 0 Å². The van der Waals surface area contributed by atoms with E-state index in [0.717, 1.165) is 18.6 Å². The Bertz CT molecular complexity index is 134. The second kappa shape index (κ2) is 2.50. The van der Waals surface area contributed by atoms with E-state index in [1.807, 2.05) is 6.07 Å². The second-order valence-corrected chi connectivity index (χ2v) is 1.58. The van der Waals surface area contributed by atoms with E-state index in [4.69, 9.17) is 4.52 Å². The molecule has 1 aromatic rings. The van der Waals surface area contributed by atoms with Crippen molar-refractivity contribution in [3.8, 4) is 0 Å². The summed E-state index contributed by atoms with van der Waals surface area (Å²) >= 11 is 0. The maximum absolute atomic E-state index is 4.78. The van der Waals surface area contributed by atoms with Crippen molar-refractivity contribution in [2.24, 2.45) is 0 Å². The third-order valence-electron chi connectivity index (χ3n) is 0.914. The zero-order valence-corrected chi connectivity index (χ0v) is 4.63. The first-order chi connectivity index (χ1) is 3.93. The minimum atomic E-state index is 0.870. The molecule has 0 aromatic carbocycles. The van der Waals surface area contributed by atoms with Crippen LogP contribution in [0.5, 0.6) is 0 Å². The summed E-state index contributed by atoms with van der Waals surface area (Å²) in [6.45, 7) is 3.67. The molecule has 1 rings (SSSR count). The van der Waals surface area contributed by atoms with Crippen molar-refractivity contribution in [1.29, 1.82) is 0 Å². The molecule has 1 radical (unpaired) electrons. The average molecular weight is 110 g/mol. The highest BCUT2D eigenvalue weighted by Gasteiger charge is 1.90. The fourth-order valence-electron chi connectivity index (χ4n) is 0.545. The molecular formula is C6H8NO. The Hall–Kier alpha value is -0.790. The van der Waals surface area contributed by atoms with Crippen LogP contribution < -0.4 is 0 Å². The highest BCUT2D eigenvalue weighted by Crippen LogP contribution is 1.98. The normalized spacial score (nSPS) is 9.62. The van der Waals surface area contributed by atoms with Gasteiger partial charge in [-0.3, -0.25) is 0 Å². The lowest BCUT2D eigenvalue weighted by molar-refractivity contribution is 0.384. The predicted molar refractivity (Wildman–Crippen MR) is 30.2 cm³/mol. The molecule has 0 spiro atoms. The van der Waals surface area contributed by atoms with E-state index in [1.54, 1.807) is 6.20 Å². The maximum Gasteiger partial charge on any atom is 0.136 e. The molecule has 0 aliphatic rings. The summed E-state index contributed by atoms with van der Waals surface area (Å²) in [5.74, 6) is 0.917. The standard InChI is InChI=1S/C6H8NO/c1-2-3-6-4-5-7-8-6/h4-5H,1-3H2. The molecule has 0 saturated heterocycles. The van der Waals surface area contributed by atoms with Crippen molar-refractivity contribution >= 4 is 0 Å². The number of hydrogen-bond donors (Lipinski definition) is 0. The summed E-state index contributed by atoms with van der Waals surface area (Å²) in [4.78, 5) is 0. The summed E-state index contributed by atoms with van der Waals surface area (Å²) in [5.41, 5.74) is 0. The molecule has 0 fully saturated rings. The van der Waals surface area contributed by atoms with E-state index < -0.39 is 0 Å². The number of aromatic nitrogens is 1. The van der Waals surface area contributed by atoms with Gasteiger partial charge in [0.2, 0.25) is 0 Å². The van der Waals surface area contributed by atoms with Crippen LogP contribution in [0, 0.1) is 6.92 Å². The summed E-state index contributed by atoms with van der Waals surface area (Å²) in [5, 5.41) is 3.54. The van der Waals surface area contributed by atoms with Crippen molar-refractivity contribution in [2.45, 2.75) is 12.8 Å². The molecule has 0 N–H and O–H groups in total. The van der Waals surface area contributed by atoms with Gasteiger partial charge >= 0.3 is 0 Å². The highest BCUT2D eigenvalue weighted by molar-refractivity contribution is 4.92. The number of nitrogens with zero attached hydrogens (tertiary/aromatic N) is 1. The van der Waals surface area contributed by atoms with Crippen molar-refractivity contribution in [3.05, 3.63) is 24.9 Å². The van der Waals surface area contributed by atoms with E-state index in [0.29, 0.717) is 0 Å². The van der Waals surface area contributed by atoms with E-state index in [9.17, 15) is 0 Å². The van der Waals surface area contributed by atoms with Crippen LogP contribution in [0.25, 0.3) is 0 Å². The monoisotopic (exact) mass is 110 g/mol. The van der Waals surface area contributed by atoms with Crippen LogP contribution in [0.15, 0.2) is 16.8 Å². The van der Waals surface area contributed by atoms with E-state index >= 15 is 0 Å². The zero-order chi connectivity index (χ0) is 5.82. The first-order valence-corrected chi connectivity index (χ1v) is 2.62. The van der Waals surface area contributed by atoms with Gasteiger partial charge in [0.15, 0.2) is 0 Å². The maximum atomic E-state index is 4.78. The Morgan fingerprint density at radius 2 is 2.62 bits per heavy atom. The lowest BCUT2D eigenvalue weighted by atomic mass is 10.3. The molecule has 0 bridgehead atoms. The Labute approximate surface area is 48.5 Å². The molecule has 1 heterocycles. The Morgan fingerprint density at radius 1 is 1.75 bits per heavy atom. The lowest BCUT2D eigenvalue weighted by Crippen LogP contribution is -1.74. The number of hydrogen-bond acceptors (Lipinski definition) is 2. The Kier molecular flexibility index (Phi) is 1.67. The number of rotatable bonds is 2. The average Bonchev–Trinajstić information content (AvgIpc) is 2.19. The van der Waals surface area contributed by atoms with Crippen LogP contribution in [-0.4, -0.2) is 5.16 Å². The third-order valence-corrected chi connectivity index (χ3v) is 0.914. The number of aryl methyl sites for hydroxylation is 1. The second-order valence-electron chi connectivity index (χ2n) is 1.58. The first kappa shape index (κ1) is 5.35. The molecule has 43 valence electrons. The van der Waals surface area contributed by atoms with Crippen molar-refractivity contribution in [1.82, 2.24) is 5.16 Å². The van der Waals surface area contributed by atoms with Gasteiger partial charge in [0.1, 0.15) is 5.76 Å². The van der Waals surface area contributed by atoms with E-state index in [-0.39, 0.29) is 0 Å². The molecule has 8 heavy (non-hydrogen) atoms. The van der Waals surface area contributed by atoms with Crippen LogP contribution in [0.3, 0.4) is 0 Å². The van der Waals surface area contributed by atoms with Gasteiger partial charge in [-0.2, -0.15) is 0 Å². The fraction of sp³-hybridized carbons (Fsp3) is 0.333. The molecule has 2 nitrogen and oxygen atoms in total. The summed E-state index contributed by atoms with van der Waals surface area (Å²) < 4.78 is 4.78. The van der Waals surface area contributed by atoms with Gasteiger partial charge in [0, 0.05) is 12.5 Å². The van der Waals surface area contributed by atoms with Gasteiger partial charge < -0.3 is 4.52 Å². The van der Waals surface area contributed by atoms with Gasteiger partial charge in [0.05, 0.1) is 6.20 Å². The van der Waals surface area contributed by atoms with Crippen LogP contribution in [-0.2, 0) is 6.42 Å². The summed E-state index contributed by atoms with van der Waals surface area (Å²) in [7, 11) is 0. The molecule has 0 saturated carbocycles. The van der Waals surface area contributed by atoms with Gasteiger partial charge in [-0.05, 0) is 6.42 Å². The molecule has 0 aliphatic heterocycles. The summed E-state index contributed by atoms with van der Waals surface area (Å²) in [6.07, 6.45) is 3.40. The van der Waals surface area contributed by atoms with Crippen molar-refractivity contribution in [3.63, 3.8) is 0 Å². The van der Waals surface area contributed by atoms with E-state index in [1.165, 1.54) is 0 Å². The van der Waals surface area contributed by atoms with Crippen molar-refractivity contribution < 1.29 is 4.52 Å². The molecule has 0 aliphatic carbocycles. The molecule has 1 aromatic heterocycles. The molecule has 0 unspecified atom stereocenters. The minimum absolute atomic E-state index is 0.870. The smallest absolute Gasteiger partial charge is 0.136 e. The molecule has 0 amide bonds. The fourth-order valence-corrected chi connectivity index (χ4v) is 0.545. The zero-order valence-electron chi connectivity index (χ0n) is 4.63. The largest absolute Gasteiger partial charge is 0.361 e. The lowest BCUT2D eigenvalue weighted by Gasteiger charge is -1.83. The molecule has 0 atom stereocenters. The topological polar surface area (TPSA) is 26.0 Å². The third kappa shape index (κ3) is 1.09. The van der Waals surface area contributed by atoms with Gasteiger partial charge in [-0.25, -0.2) is 0 Å². The van der Waals surface area contributed by atoms with Gasteiger partial charge in [0.25, 0.3) is 0 Å². The van der Waals surface area contributed by atoms with Crippen LogP contribution in [0.2, 0.25) is 0 Å². The first-order valence-electron chi connectivity index (χ1n) is 2.62. The molecule has 2 heteroatoms. The van der Waals surface area contributed by atoms with Crippen molar-refractivity contribution in [2.75, 3.05) is 0 Å². The Morgan fingerprint density at radius 3 is 3.12 bits per heavy atom. The quantitative estimate of drug-likeness (QED) is 0.575. The van der Waals surface area contributed by atoms with Crippen LogP contribution >= 0.6 is 0 Å². The predicted octanol–water partition coefficient (Wildman–Crippen LogP) is 1.44. The van der Waals surface area contributed by atoms with Crippen LogP contribution in [0.4, 0.5) is 0 Å². The molecular weight excluding hydrogens is 102 g/mol. The Balaban J connectivity index is 2.50. The van der Waals surface area contributed by atoms with Gasteiger partial charge in [-0.1, -0.05) is 12.1 Å². The minimum Gasteiger partial charge on any atom is -0.361 e. The highest BCUT2D eigenvalue weighted by atomic mass is 16.5. The van der Waals surface area contributed by atoms with Crippen LogP contribution in [0.1, 0.15) is 12.2 Å². The van der Waals surface area contributed by atoms with E-state index in [2.05, 4.69) is 12.1 Å². The summed E-state index contributed by atoms with van der Waals surface area (Å²) in [6, 6.07) is 1.85. The SMILES string of the molecule is [CH2]CCc1ccno1.